The minimum absolute atomic E-state index is 0.158. The van der Waals surface area contributed by atoms with E-state index in [2.05, 4.69) is 50.6 Å². The van der Waals surface area contributed by atoms with E-state index < -0.39 is 0 Å². The number of halogens is 2. The van der Waals surface area contributed by atoms with Gasteiger partial charge in [-0.15, -0.1) is 11.6 Å². The minimum atomic E-state index is -0.158. The first-order valence-corrected chi connectivity index (χ1v) is 7.69. The first-order valence-electron chi connectivity index (χ1n) is 6.46. The maximum atomic E-state index is 6.32. The zero-order valence-electron chi connectivity index (χ0n) is 11.3. The summed E-state index contributed by atoms with van der Waals surface area (Å²) in [5.41, 5.74) is 4.29. The van der Waals surface area contributed by atoms with Gasteiger partial charge in [-0.25, -0.2) is 4.98 Å². The van der Waals surface area contributed by atoms with Crippen LogP contribution in [0.3, 0.4) is 0 Å². The molecule has 1 heterocycles. The highest BCUT2D eigenvalue weighted by atomic mass is 79.9. The van der Waals surface area contributed by atoms with Gasteiger partial charge in [0.05, 0.1) is 22.1 Å². The van der Waals surface area contributed by atoms with Crippen molar-refractivity contribution in [3.63, 3.8) is 0 Å². The number of aromatic nitrogens is 2. The van der Waals surface area contributed by atoms with E-state index in [-0.39, 0.29) is 5.38 Å². The van der Waals surface area contributed by atoms with Crippen LogP contribution in [-0.2, 0) is 0 Å². The average Bonchev–Trinajstić information content (AvgIpc) is 2.81. The Morgan fingerprint density at radius 2 is 1.90 bits per heavy atom. The van der Waals surface area contributed by atoms with Crippen LogP contribution in [-0.4, -0.2) is 9.55 Å². The predicted molar refractivity (Wildman–Crippen MR) is 87.8 cm³/mol. The molecule has 1 unspecified atom stereocenters. The van der Waals surface area contributed by atoms with Crippen molar-refractivity contribution in [2.75, 3.05) is 0 Å². The summed E-state index contributed by atoms with van der Waals surface area (Å²) in [6, 6.07) is 14.3. The van der Waals surface area contributed by atoms with Crippen LogP contribution in [0.25, 0.3) is 16.7 Å². The van der Waals surface area contributed by atoms with Gasteiger partial charge in [0.25, 0.3) is 0 Å². The molecule has 4 heteroatoms. The number of imidazole rings is 1. The molecule has 2 nitrogen and oxygen atoms in total. The largest absolute Gasteiger partial charge is 0.294 e. The van der Waals surface area contributed by atoms with Gasteiger partial charge in [-0.3, -0.25) is 4.57 Å². The summed E-state index contributed by atoms with van der Waals surface area (Å²) in [5.74, 6) is 0.860. The Morgan fingerprint density at radius 3 is 2.65 bits per heavy atom. The van der Waals surface area contributed by atoms with E-state index in [4.69, 9.17) is 11.6 Å². The second kappa shape index (κ2) is 5.23. The molecule has 0 N–H and O–H groups in total. The number of hydrogen-bond donors (Lipinski definition) is 0. The third-order valence-corrected chi connectivity index (χ3v) is 4.58. The van der Waals surface area contributed by atoms with Crippen molar-refractivity contribution in [3.8, 4) is 5.69 Å². The van der Waals surface area contributed by atoms with Gasteiger partial charge in [-0.05, 0) is 53.5 Å². The molecule has 3 aromatic rings. The van der Waals surface area contributed by atoms with Crippen molar-refractivity contribution >= 4 is 38.6 Å². The molecule has 0 spiro atoms. The van der Waals surface area contributed by atoms with E-state index in [0.717, 1.165) is 27.0 Å². The van der Waals surface area contributed by atoms with Crippen molar-refractivity contribution in [3.05, 3.63) is 58.3 Å². The smallest absolute Gasteiger partial charge is 0.132 e. The molecular formula is C16H14BrClN2. The normalized spacial score (nSPS) is 12.8. The molecule has 20 heavy (non-hydrogen) atoms. The highest BCUT2D eigenvalue weighted by molar-refractivity contribution is 9.10. The second-order valence-corrected chi connectivity index (χ2v) is 6.27. The summed E-state index contributed by atoms with van der Waals surface area (Å²) < 4.78 is 3.20. The van der Waals surface area contributed by atoms with Crippen LogP contribution in [0.5, 0.6) is 0 Å². The summed E-state index contributed by atoms with van der Waals surface area (Å²) in [7, 11) is 0. The lowest BCUT2D eigenvalue weighted by atomic mass is 10.2. The van der Waals surface area contributed by atoms with Crippen molar-refractivity contribution in [2.24, 2.45) is 0 Å². The number of alkyl halides is 1. The maximum absolute atomic E-state index is 6.32. The minimum Gasteiger partial charge on any atom is -0.294 e. The fourth-order valence-corrected chi connectivity index (χ4v) is 2.96. The standard InChI is InChI=1S/C16H14BrClN2/c1-10-6-5-9-14(15(10)17)20-13-8-4-3-7-12(13)19-16(20)11(2)18/h3-9,11H,1-2H3. The van der Waals surface area contributed by atoms with Gasteiger partial charge in [-0.1, -0.05) is 24.3 Å². The van der Waals surface area contributed by atoms with Gasteiger partial charge in [0.15, 0.2) is 0 Å². The Balaban J connectivity index is 2.39. The van der Waals surface area contributed by atoms with Crippen LogP contribution in [0.1, 0.15) is 23.7 Å². The van der Waals surface area contributed by atoms with Crippen molar-refractivity contribution < 1.29 is 0 Å². The Kier molecular flexibility index (Phi) is 3.57. The predicted octanol–water partition coefficient (Wildman–Crippen LogP) is 5.40. The second-order valence-electron chi connectivity index (χ2n) is 4.82. The number of benzene rings is 2. The lowest BCUT2D eigenvalue weighted by Crippen LogP contribution is -2.03. The average molecular weight is 350 g/mol. The molecule has 0 saturated carbocycles. The zero-order chi connectivity index (χ0) is 14.3. The monoisotopic (exact) mass is 348 g/mol. The molecule has 0 radical (unpaired) electrons. The van der Waals surface area contributed by atoms with Crippen molar-refractivity contribution in [2.45, 2.75) is 19.2 Å². The first-order chi connectivity index (χ1) is 9.59. The van der Waals surface area contributed by atoms with Crippen LogP contribution in [0, 0.1) is 6.92 Å². The van der Waals surface area contributed by atoms with E-state index in [1.807, 2.05) is 31.2 Å². The highest BCUT2D eigenvalue weighted by Crippen LogP contribution is 2.32. The zero-order valence-corrected chi connectivity index (χ0v) is 13.6. The van der Waals surface area contributed by atoms with E-state index in [9.17, 15) is 0 Å². The first kappa shape index (κ1) is 13.7. The van der Waals surface area contributed by atoms with E-state index >= 15 is 0 Å². The van der Waals surface area contributed by atoms with Gasteiger partial charge < -0.3 is 0 Å². The molecule has 3 rings (SSSR count). The molecule has 0 fully saturated rings. The Hall–Kier alpha value is -1.32. The Bertz CT molecular complexity index is 777. The number of aryl methyl sites for hydroxylation is 1. The molecule has 0 bridgehead atoms. The van der Waals surface area contributed by atoms with Crippen LogP contribution >= 0.6 is 27.5 Å². The molecule has 0 saturated heterocycles. The molecule has 102 valence electrons. The van der Waals surface area contributed by atoms with E-state index in [0.29, 0.717) is 0 Å². The highest BCUT2D eigenvalue weighted by Gasteiger charge is 2.17. The molecule has 0 amide bonds. The Labute approximate surface area is 131 Å². The van der Waals surface area contributed by atoms with Gasteiger partial charge in [-0.2, -0.15) is 0 Å². The van der Waals surface area contributed by atoms with Crippen LogP contribution in [0.2, 0.25) is 0 Å². The van der Waals surface area contributed by atoms with Gasteiger partial charge in [0.2, 0.25) is 0 Å². The SMILES string of the molecule is Cc1cccc(-n2c(C(C)Cl)nc3ccccc32)c1Br. The molecule has 2 aromatic carbocycles. The number of hydrogen-bond acceptors (Lipinski definition) is 1. The van der Waals surface area contributed by atoms with Crippen LogP contribution in [0.4, 0.5) is 0 Å². The van der Waals surface area contributed by atoms with Crippen LogP contribution < -0.4 is 0 Å². The maximum Gasteiger partial charge on any atom is 0.132 e. The molecule has 1 atom stereocenters. The number of para-hydroxylation sites is 2. The summed E-state index contributed by atoms with van der Waals surface area (Å²) in [4.78, 5) is 4.67. The third kappa shape index (κ3) is 2.15. The van der Waals surface area contributed by atoms with Gasteiger partial charge in [0.1, 0.15) is 5.82 Å². The summed E-state index contributed by atoms with van der Waals surface area (Å²) in [5, 5.41) is -0.158. The third-order valence-electron chi connectivity index (χ3n) is 3.35. The van der Waals surface area contributed by atoms with E-state index in [1.165, 1.54) is 5.56 Å². The molecule has 0 aliphatic rings. The fraction of sp³-hybridized carbons (Fsp3) is 0.188. The van der Waals surface area contributed by atoms with Crippen molar-refractivity contribution in [1.29, 1.82) is 0 Å². The lowest BCUT2D eigenvalue weighted by molar-refractivity contribution is 0.879. The topological polar surface area (TPSA) is 17.8 Å². The Morgan fingerprint density at radius 1 is 1.15 bits per heavy atom. The quantitative estimate of drug-likeness (QED) is 0.567. The molecule has 0 aliphatic carbocycles. The number of rotatable bonds is 2. The van der Waals surface area contributed by atoms with Gasteiger partial charge in [0, 0.05) is 4.47 Å². The lowest BCUT2D eigenvalue weighted by Gasteiger charge is -2.13. The summed E-state index contributed by atoms with van der Waals surface area (Å²) in [6.45, 7) is 4.03. The number of nitrogens with zero attached hydrogens (tertiary/aromatic N) is 2. The van der Waals surface area contributed by atoms with E-state index in [1.54, 1.807) is 0 Å². The summed E-state index contributed by atoms with van der Waals surface area (Å²) in [6.07, 6.45) is 0. The van der Waals surface area contributed by atoms with Gasteiger partial charge >= 0.3 is 0 Å². The molecule has 0 aliphatic heterocycles. The fourth-order valence-electron chi connectivity index (χ4n) is 2.37. The molecular weight excluding hydrogens is 336 g/mol. The van der Waals surface area contributed by atoms with Crippen molar-refractivity contribution in [1.82, 2.24) is 9.55 Å². The van der Waals surface area contributed by atoms with Crippen LogP contribution in [0.15, 0.2) is 46.9 Å². The number of fused-ring (bicyclic) bond motifs is 1. The summed E-state index contributed by atoms with van der Waals surface area (Å²) >= 11 is 10.0. The molecule has 1 aromatic heterocycles.